The zero-order valence-electron chi connectivity index (χ0n) is 11.1. The van der Waals surface area contributed by atoms with E-state index in [0.717, 1.165) is 10.9 Å². The number of halogens is 2. The van der Waals surface area contributed by atoms with Crippen LogP contribution in [0.4, 0.5) is 8.78 Å². The highest BCUT2D eigenvalue weighted by atomic mass is 19.3. The first-order valence-corrected chi connectivity index (χ1v) is 5.89. The minimum Gasteiger partial charge on any atom is -0.494 e. The largest absolute Gasteiger partial charge is 0.494 e. The molecule has 0 fully saturated rings. The fourth-order valence-electron chi connectivity index (χ4n) is 1.82. The lowest BCUT2D eigenvalue weighted by Crippen LogP contribution is -2.15. The van der Waals surface area contributed by atoms with Gasteiger partial charge in [0.15, 0.2) is 5.69 Å². The summed E-state index contributed by atoms with van der Waals surface area (Å²) in [6.07, 6.45) is 1.38. The Morgan fingerprint density at radius 2 is 2.14 bits per heavy atom. The summed E-state index contributed by atoms with van der Waals surface area (Å²) in [7, 11) is 1.42. The third-order valence-electron chi connectivity index (χ3n) is 2.85. The SMILES string of the molecule is C=CC(F)(F)c1nn(-c2ccccc2OC)cc1C(=O)O. The van der Waals surface area contributed by atoms with E-state index in [2.05, 4.69) is 11.7 Å². The lowest BCUT2D eigenvalue weighted by atomic mass is 10.1. The van der Waals surface area contributed by atoms with Gasteiger partial charge in [-0.3, -0.25) is 0 Å². The van der Waals surface area contributed by atoms with Crippen LogP contribution < -0.4 is 4.74 Å². The number of methoxy groups -OCH3 is 1. The summed E-state index contributed by atoms with van der Waals surface area (Å²) in [6.45, 7) is 3.01. The van der Waals surface area contributed by atoms with Crippen LogP contribution in [-0.2, 0) is 5.92 Å². The Morgan fingerprint density at radius 1 is 1.48 bits per heavy atom. The molecule has 7 heteroatoms. The van der Waals surface area contributed by atoms with Gasteiger partial charge in [0, 0.05) is 6.20 Å². The van der Waals surface area contributed by atoms with Crippen molar-refractivity contribution < 1.29 is 23.4 Å². The molecular formula is C14H12F2N2O3. The van der Waals surface area contributed by atoms with Crippen LogP contribution in [-0.4, -0.2) is 28.0 Å². The van der Waals surface area contributed by atoms with Crippen molar-refractivity contribution in [3.8, 4) is 11.4 Å². The zero-order chi connectivity index (χ0) is 15.6. The smallest absolute Gasteiger partial charge is 0.339 e. The zero-order valence-corrected chi connectivity index (χ0v) is 11.1. The number of carboxylic acids is 1. The molecule has 0 aliphatic heterocycles. The van der Waals surface area contributed by atoms with E-state index >= 15 is 0 Å². The maximum absolute atomic E-state index is 13.7. The topological polar surface area (TPSA) is 64.4 Å². The standard InChI is InChI=1S/C14H12F2N2O3/c1-3-14(15,16)12-9(13(19)20)8-18(17-12)10-6-4-5-7-11(10)21-2/h3-8H,1H2,2H3,(H,19,20). The Labute approximate surface area is 119 Å². The van der Waals surface area contributed by atoms with Gasteiger partial charge in [-0.1, -0.05) is 18.7 Å². The lowest BCUT2D eigenvalue weighted by Gasteiger charge is -2.09. The summed E-state index contributed by atoms with van der Waals surface area (Å²) in [5, 5.41) is 12.7. The van der Waals surface area contributed by atoms with Gasteiger partial charge < -0.3 is 9.84 Å². The van der Waals surface area contributed by atoms with Crippen molar-refractivity contribution in [1.29, 1.82) is 0 Å². The molecule has 2 rings (SSSR count). The molecule has 0 bridgehead atoms. The Bertz CT molecular complexity index is 695. The number of hydrogen-bond acceptors (Lipinski definition) is 3. The monoisotopic (exact) mass is 294 g/mol. The highest BCUT2D eigenvalue weighted by Gasteiger charge is 2.36. The number of carbonyl (C=O) groups is 1. The summed E-state index contributed by atoms with van der Waals surface area (Å²) < 4.78 is 33.6. The number of ether oxygens (including phenoxy) is 1. The highest BCUT2D eigenvalue weighted by molar-refractivity contribution is 5.89. The molecule has 1 aromatic carbocycles. The van der Waals surface area contributed by atoms with E-state index in [0.29, 0.717) is 17.5 Å². The Balaban J connectivity index is 2.65. The third-order valence-corrected chi connectivity index (χ3v) is 2.85. The van der Waals surface area contributed by atoms with Gasteiger partial charge in [-0.25, -0.2) is 9.48 Å². The molecule has 0 radical (unpaired) electrons. The van der Waals surface area contributed by atoms with Crippen molar-refractivity contribution in [1.82, 2.24) is 9.78 Å². The number of benzene rings is 1. The van der Waals surface area contributed by atoms with Crippen LogP contribution in [0.3, 0.4) is 0 Å². The molecule has 0 unspecified atom stereocenters. The molecule has 0 spiro atoms. The van der Waals surface area contributed by atoms with Gasteiger partial charge in [0.25, 0.3) is 0 Å². The molecule has 21 heavy (non-hydrogen) atoms. The molecule has 110 valence electrons. The van der Waals surface area contributed by atoms with Crippen molar-refractivity contribution in [3.05, 3.63) is 54.4 Å². The average Bonchev–Trinajstić information content (AvgIpc) is 2.93. The summed E-state index contributed by atoms with van der Waals surface area (Å²) >= 11 is 0. The number of para-hydroxylation sites is 2. The van der Waals surface area contributed by atoms with E-state index in [1.807, 2.05) is 0 Å². The van der Waals surface area contributed by atoms with Crippen LogP contribution in [0.15, 0.2) is 43.1 Å². The molecule has 1 N–H and O–H groups in total. The predicted octanol–water partition coefficient (Wildman–Crippen LogP) is 2.86. The van der Waals surface area contributed by atoms with E-state index in [9.17, 15) is 13.6 Å². The molecule has 0 aliphatic rings. The fourth-order valence-corrected chi connectivity index (χ4v) is 1.82. The molecule has 0 aliphatic carbocycles. The Kier molecular flexibility index (Phi) is 3.75. The number of alkyl halides is 2. The maximum Gasteiger partial charge on any atom is 0.339 e. The predicted molar refractivity (Wildman–Crippen MR) is 71.2 cm³/mol. The molecule has 5 nitrogen and oxygen atoms in total. The van der Waals surface area contributed by atoms with Gasteiger partial charge in [0.05, 0.1) is 7.11 Å². The average molecular weight is 294 g/mol. The van der Waals surface area contributed by atoms with Crippen LogP contribution in [0, 0.1) is 0 Å². The molecule has 2 aromatic rings. The van der Waals surface area contributed by atoms with Crippen LogP contribution in [0.1, 0.15) is 16.1 Å². The van der Waals surface area contributed by atoms with Crippen molar-refractivity contribution in [3.63, 3.8) is 0 Å². The number of aromatic nitrogens is 2. The Hall–Kier alpha value is -2.70. The van der Waals surface area contributed by atoms with E-state index in [4.69, 9.17) is 9.84 Å². The van der Waals surface area contributed by atoms with Crippen molar-refractivity contribution >= 4 is 5.97 Å². The first-order chi connectivity index (χ1) is 9.90. The summed E-state index contributed by atoms with van der Waals surface area (Å²) in [6, 6.07) is 6.55. The fraction of sp³-hybridized carbons (Fsp3) is 0.143. The second kappa shape index (κ2) is 5.35. The van der Waals surface area contributed by atoms with E-state index < -0.39 is 23.1 Å². The molecule has 0 saturated carbocycles. The van der Waals surface area contributed by atoms with Gasteiger partial charge in [0.2, 0.25) is 0 Å². The van der Waals surface area contributed by atoms with E-state index in [1.54, 1.807) is 24.3 Å². The normalized spacial score (nSPS) is 11.2. The first-order valence-electron chi connectivity index (χ1n) is 5.89. The van der Waals surface area contributed by atoms with Crippen molar-refractivity contribution in [2.75, 3.05) is 7.11 Å². The second-order valence-electron chi connectivity index (χ2n) is 4.14. The van der Waals surface area contributed by atoms with Gasteiger partial charge >= 0.3 is 11.9 Å². The summed E-state index contributed by atoms with van der Waals surface area (Å²) in [4.78, 5) is 11.1. The number of nitrogens with zero attached hydrogens (tertiary/aromatic N) is 2. The van der Waals surface area contributed by atoms with E-state index in [-0.39, 0.29) is 0 Å². The van der Waals surface area contributed by atoms with Gasteiger partial charge in [-0.05, 0) is 18.2 Å². The van der Waals surface area contributed by atoms with Gasteiger partial charge in [-0.2, -0.15) is 13.9 Å². The molecule has 0 saturated heterocycles. The maximum atomic E-state index is 13.7. The molecular weight excluding hydrogens is 282 g/mol. The second-order valence-corrected chi connectivity index (χ2v) is 4.14. The minimum absolute atomic E-state index is 0.355. The van der Waals surface area contributed by atoms with Crippen molar-refractivity contribution in [2.45, 2.75) is 5.92 Å². The van der Waals surface area contributed by atoms with Crippen LogP contribution >= 0.6 is 0 Å². The first kappa shape index (κ1) is 14.7. The van der Waals surface area contributed by atoms with E-state index in [1.165, 1.54) is 7.11 Å². The number of carboxylic acid groups (broad SMARTS) is 1. The van der Waals surface area contributed by atoms with Crippen molar-refractivity contribution in [2.24, 2.45) is 0 Å². The molecule has 0 atom stereocenters. The highest BCUT2D eigenvalue weighted by Crippen LogP contribution is 2.32. The number of hydrogen-bond donors (Lipinski definition) is 1. The Morgan fingerprint density at radius 3 is 2.71 bits per heavy atom. The van der Waals surface area contributed by atoms with Gasteiger partial charge in [0.1, 0.15) is 17.0 Å². The van der Waals surface area contributed by atoms with Gasteiger partial charge in [-0.15, -0.1) is 0 Å². The number of rotatable bonds is 5. The molecule has 1 aromatic heterocycles. The molecule has 0 amide bonds. The van der Waals surface area contributed by atoms with Crippen LogP contribution in [0.5, 0.6) is 5.75 Å². The lowest BCUT2D eigenvalue weighted by molar-refractivity contribution is 0.0431. The molecule has 1 heterocycles. The summed E-state index contributed by atoms with van der Waals surface area (Å²) in [5.74, 6) is -4.65. The van der Waals surface area contributed by atoms with Crippen LogP contribution in [0.2, 0.25) is 0 Å². The van der Waals surface area contributed by atoms with Crippen LogP contribution in [0.25, 0.3) is 5.69 Å². The minimum atomic E-state index is -3.54. The third kappa shape index (κ3) is 2.62. The quantitative estimate of drug-likeness (QED) is 0.861. The number of allylic oxidation sites excluding steroid dienone is 1. The number of aromatic carboxylic acids is 1. The summed E-state index contributed by atoms with van der Waals surface area (Å²) in [5.41, 5.74) is -1.10.